The van der Waals surface area contributed by atoms with Gasteiger partial charge in [0.1, 0.15) is 17.4 Å². The molecular formula is C16H21NO2. The Hall–Kier alpha value is -1.32. The van der Waals surface area contributed by atoms with Gasteiger partial charge in [0, 0.05) is 18.0 Å². The number of hydrogen-bond acceptors (Lipinski definition) is 3. The number of likely N-dealkylation sites (N-methyl/N-ethyl adjacent to an activating group) is 1. The van der Waals surface area contributed by atoms with Crippen molar-refractivity contribution in [1.29, 1.82) is 0 Å². The van der Waals surface area contributed by atoms with Crippen LogP contribution in [0.15, 0.2) is 34.7 Å². The second-order valence-electron chi connectivity index (χ2n) is 5.72. The topological polar surface area (TPSA) is 36.6 Å². The van der Waals surface area contributed by atoms with Crippen LogP contribution in [0.2, 0.25) is 0 Å². The van der Waals surface area contributed by atoms with Gasteiger partial charge in [-0.05, 0) is 44.9 Å². The molecule has 19 heavy (non-hydrogen) atoms. The summed E-state index contributed by atoms with van der Waals surface area (Å²) in [7, 11) is 2.08. The predicted octanol–water partition coefficient (Wildman–Crippen LogP) is 3.20. The number of aliphatic hydroxyl groups excluding tert-OH is 1. The Morgan fingerprint density at radius 3 is 2.79 bits per heavy atom. The first-order valence-electron chi connectivity index (χ1n) is 7.02. The van der Waals surface area contributed by atoms with Crippen molar-refractivity contribution in [3.63, 3.8) is 0 Å². The van der Waals surface area contributed by atoms with E-state index >= 15 is 0 Å². The number of rotatable bonds is 5. The fourth-order valence-corrected chi connectivity index (χ4v) is 2.63. The third-order valence-corrected chi connectivity index (χ3v) is 4.23. The van der Waals surface area contributed by atoms with Gasteiger partial charge >= 0.3 is 0 Å². The van der Waals surface area contributed by atoms with E-state index in [1.54, 1.807) is 0 Å². The summed E-state index contributed by atoms with van der Waals surface area (Å²) in [6.07, 6.45) is 2.09. The van der Waals surface area contributed by atoms with Crippen LogP contribution in [0.4, 0.5) is 0 Å². The average molecular weight is 259 g/mol. The highest BCUT2D eigenvalue weighted by Crippen LogP contribution is 2.35. The summed E-state index contributed by atoms with van der Waals surface area (Å²) < 4.78 is 5.71. The lowest BCUT2D eigenvalue weighted by Crippen LogP contribution is -2.34. The van der Waals surface area contributed by atoms with Crippen LogP contribution in [0.5, 0.6) is 0 Å². The van der Waals surface area contributed by atoms with Crippen LogP contribution < -0.4 is 0 Å². The summed E-state index contributed by atoms with van der Waals surface area (Å²) in [5.74, 6) is 1.48. The van der Waals surface area contributed by atoms with E-state index in [0.717, 1.165) is 16.9 Å². The molecule has 1 aromatic heterocycles. The minimum atomic E-state index is -0.557. The van der Waals surface area contributed by atoms with Crippen molar-refractivity contribution in [2.24, 2.45) is 5.92 Å². The van der Waals surface area contributed by atoms with E-state index in [1.165, 1.54) is 12.8 Å². The first-order chi connectivity index (χ1) is 9.15. The zero-order valence-electron chi connectivity index (χ0n) is 11.5. The molecule has 0 spiro atoms. The van der Waals surface area contributed by atoms with E-state index in [-0.39, 0.29) is 0 Å². The molecule has 2 atom stereocenters. The van der Waals surface area contributed by atoms with Gasteiger partial charge in [-0.2, -0.15) is 0 Å². The maximum absolute atomic E-state index is 10.3. The minimum Gasteiger partial charge on any atom is -0.458 e. The highest BCUT2D eigenvalue weighted by Gasteiger charge is 2.31. The molecule has 0 bridgehead atoms. The van der Waals surface area contributed by atoms with Gasteiger partial charge in [0.05, 0.1) is 0 Å². The summed E-state index contributed by atoms with van der Waals surface area (Å²) in [6, 6.07) is 10.3. The zero-order valence-corrected chi connectivity index (χ0v) is 11.5. The molecule has 1 N–H and O–H groups in total. The number of para-hydroxylation sites is 1. The van der Waals surface area contributed by atoms with Crippen LogP contribution >= 0.6 is 0 Å². The standard InChI is InChI=1S/C16H21NO2/c1-11(12-7-8-12)17(2)10-14(18)16-9-13-5-3-4-6-15(13)19-16/h3-6,9,11-12,14,18H,7-8,10H2,1-2H3. The Kier molecular flexibility index (Phi) is 3.33. The van der Waals surface area contributed by atoms with Crippen molar-refractivity contribution in [3.8, 4) is 0 Å². The van der Waals surface area contributed by atoms with Crippen LogP contribution in [-0.4, -0.2) is 29.6 Å². The quantitative estimate of drug-likeness (QED) is 0.896. The lowest BCUT2D eigenvalue weighted by atomic mass is 10.1. The highest BCUT2D eigenvalue weighted by molar-refractivity contribution is 5.77. The lowest BCUT2D eigenvalue weighted by molar-refractivity contribution is 0.0872. The molecule has 2 aromatic rings. The van der Waals surface area contributed by atoms with Gasteiger partial charge in [0.15, 0.2) is 0 Å². The smallest absolute Gasteiger partial charge is 0.135 e. The molecule has 3 rings (SSSR count). The van der Waals surface area contributed by atoms with Gasteiger partial charge in [-0.3, -0.25) is 0 Å². The highest BCUT2D eigenvalue weighted by atomic mass is 16.4. The van der Waals surface area contributed by atoms with E-state index in [9.17, 15) is 5.11 Å². The van der Waals surface area contributed by atoms with E-state index in [0.29, 0.717) is 18.3 Å². The Balaban J connectivity index is 1.70. The van der Waals surface area contributed by atoms with Gasteiger partial charge in [0.2, 0.25) is 0 Å². The molecule has 1 aliphatic carbocycles. The predicted molar refractivity (Wildman–Crippen MR) is 76.0 cm³/mol. The Labute approximate surface area is 113 Å². The SMILES string of the molecule is CC(C1CC1)N(C)CC(O)c1cc2ccccc2o1. The molecule has 1 aliphatic rings. The van der Waals surface area contributed by atoms with Crippen molar-refractivity contribution in [3.05, 3.63) is 36.1 Å². The number of benzene rings is 1. The number of furan rings is 1. The molecule has 0 amide bonds. The summed E-state index contributed by atoms with van der Waals surface area (Å²) in [5.41, 5.74) is 0.842. The monoisotopic (exact) mass is 259 g/mol. The van der Waals surface area contributed by atoms with E-state index in [4.69, 9.17) is 4.42 Å². The van der Waals surface area contributed by atoms with Crippen molar-refractivity contribution in [2.75, 3.05) is 13.6 Å². The summed E-state index contributed by atoms with van der Waals surface area (Å²) in [6.45, 7) is 2.86. The van der Waals surface area contributed by atoms with Crippen LogP contribution in [0.25, 0.3) is 11.0 Å². The van der Waals surface area contributed by atoms with Crippen LogP contribution in [0.1, 0.15) is 31.6 Å². The molecule has 3 heteroatoms. The molecule has 1 fully saturated rings. The number of aliphatic hydroxyl groups is 1. The van der Waals surface area contributed by atoms with Gasteiger partial charge in [-0.1, -0.05) is 18.2 Å². The molecule has 0 saturated heterocycles. The first-order valence-corrected chi connectivity index (χ1v) is 7.02. The van der Waals surface area contributed by atoms with Crippen LogP contribution in [0.3, 0.4) is 0 Å². The molecule has 2 unspecified atom stereocenters. The number of nitrogens with zero attached hydrogens (tertiary/aromatic N) is 1. The van der Waals surface area contributed by atoms with Crippen molar-refractivity contribution in [1.82, 2.24) is 4.90 Å². The fourth-order valence-electron chi connectivity index (χ4n) is 2.63. The molecule has 1 heterocycles. The normalized spacial score (nSPS) is 18.9. The largest absolute Gasteiger partial charge is 0.458 e. The first kappa shape index (κ1) is 12.7. The van der Waals surface area contributed by atoms with Crippen molar-refractivity contribution < 1.29 is 9.52 Å². The number of fused-ring (bicyclic) bond motifs is 1. The summed E-state index contributed by atoms with van der Waals surface area (Å²) >= 11 is 0. The minimum absolute atomic E-state index is 0.541. The molecule has 1 aromatic carbocycles. The third kappa shape index (κ3) is 2.67. The molecule has 102 valence electrons. The molecule has 0 aliphatic heterocycles. The number of hydrogen-bond donors (Lipinski definition) is 1. The van der Waals surface area contributed by atoms with Gasteiger partial charge < -0.3 is 14.4 Å². The lowest BCUT2D eigenvalue weighted by Gasteiger charge is -2.26. The van der Waals surface area contributed by atoms with E-state index in [2.05, 4.69) is 18.9 Å². The molecule has 1 saturated carbocycles. The molecule has 0 radical (unpaired) electrons. The Morgan fingerprint density at radius 1 is 1.37 bits per heavy atom. The van der Waals surface area contributed by atoms with E-state index < -0.39 is 6.10 Å². The molecular weight excluding hydrogens is 238 g/mol. The Morgan fingerprint density at radius 2 is 2.11 bits per heavy atom. The van der Waals surface area contributed by atoms with Crippen LogP contribution in [-0.2, 0) is 0 Å². The fraction of sp³-hybridized carbons (Fsp3) is 0.500. The second kappa shape index (κ2) is 4.99. The van der Waals surface area contributed by atoms with E-state index in [1.807, 2.05) is 30.3 Å². The third-order valence-electron chi connectivity index (χ3n) is 4.23. The van der Waals surface area contributed by atoms with Crippen molar-refractivity contribution >= 4 is 11.0 Å². The van der Waals surface area contributed by atoms with Gasteiger partial charge in [-0.25, -0.2) is 0 Å². The molecule has 3 nitrogen and oxygen atoms in total. The zero-order chi connectivity index (χ0) is 13.4. The maximum Gasteiger partial charge on any atom is 0.135 e. The maximum atomic E-state index is 10.3. The van der Waals surface area contributed by atoms with Gasteiger partial charge in [0.25, 0.3) is 0 Å². The summed E-state index contributed by atoms with van der Waals surface area (Å²) in [5, 5.41) is 11.4. The average Bonchev–Trinajstić information content (AvgIpc) is 3.16. The van der Waals surface area contributed by atoms with Gasteiger partial charge in [-0.15, -0.1) is 0 Å². The van der Waals surface area contributed by atoms with Crippen LogP contribution in [0, 0.1) is 5.92 Å². The van der Waals surface area contributed by atoms with Crippen molar-refractivity contribution in [2.45, 2.75) is 31.9 Å². The Bertz CT molecular complexity index is 526. The second-order valence-corrected chi connectivity index (χ2v) is 5.72. The summed E-state index contributed by atoms with van der Waals surface area (Å²) in [4.78, 5) is 2.23.